The molecule has 0 amide bonds. The van der Waals surface area contributed by atoms with Crippen molar-refractivity contribution < 1.29 is 61.6 Å². The van der Waals surface area contributed by atoms with Crippen LogP contribution in [0, 0.1) is 6.92 Å². The summed E-state index contributed by atoms with van der Waals surface area (Å²) in [6.07, 6.45) is 28.2. The molecule has 13 nitrogen and oxygen atoms in total. The van der Waals surface area contributed by atoms with Crippen LogP contribution >= 0.6 is 0 Å². The standard InChI is InChI=1S/2C23H28O2.C21H24O2.C19H20O2.C18H18O3.2C13H18O/c1-18(2)13-15-24-22-9-5-20(6-10-22)17-21-7-11-23(12-8-21)25-16-14-19(3)4;1-5-7-17-24-21-13-9-19(10-14-21)23(3,4)20-11-15-22(16-12-20)25-18-8-6-2;1-5-15-22-19-11-7-17(8-12-19)21(3,4)18-9-13-20(14-10-18)23-16-6-2;1-3-13-20-18-9-5-16(6-10-18)15-17-7-11-19(12-8-17)21-14-4-2;1-3-13-19-15-5-9-17(10-6-15)21-18-11-7-16(8-12-18)20-14-4-2;1-5-12-8-6-7-11(4)13(12)14-9-10(2)3;1-4-10-14-13-8-6-12(7-9-13)11(3)5-2/h5-14H,15-17H2,1-4H3;5-16H,17-18H2,1-4H3;5-14H,1-2,15-16H2,3-4H3;3-12H,1-2,13-15H2;3-12H,1-2,13-14H2;6-8H,2,5,9H2,1,3-4H3;4,6-9,11H,1,5,10H2,2-3H3/b;7-5+,8-6+;;;;;. The predicted molar refractivity (Wildman–Crippen MR) is 601 cm³/mol. The summed E-state index contributed by atoms with van der Waals surface area (Å²) in [4.78, 5) is 0. The summed E-state index contributed by atoms with van der Waals surface area (Å²) in [5.41, 5.74) is 17.3. The number of ether oxygens (including phenoxy) is 13. The van der Waals surface area contributed by atoms with Gasteiger partial charge in [-0.2, -0.15) is 0 Å². The highest BCUT2D eigenvalue weighted by molar-refractivity contribution is 5.47. The van der Waals surface area contributed by atoms with Crippen LogP contribution in [0.2, 0.25) is 0 Å². The van der Waals surface area contributed by atoms with Crippen LogP contribution in [-0.4, -0.2) is 79.3 Å². The number of hydrogen-bond donors (Lipinski definition) is 0. The van der Waals surface area contributed by atoms with Gasteiger partial charge in [-0.25, -0.2) is 0 Å². The fourth-order valence-electron chi connectivity index (χ4n) is 13.5. The van der Waals surface area contributed by atoms with Gasteiger partial charge in [0.15, 0.2) is 0 Å². The maximum Gasteiger partial charge on any atom is 0.127 e. The summed E-state index contributed by atoms with van der Waals surface area (Å²) in [7, 11) is 0. The van der Waals surface area contributed by atoms with Gasteiger partial charge in [0.1, 0.15) is 160 Å². The summed E-state index contributed by atoms with van der Waals surface area (Å²) in [5.74, 6) is 12.7. The molecule has 0 saturated carbocycles. The molecule has 0 spiro atoms. The van der Waals surface area contributed by atoms with E-state index in [4.69, 9.17) is 61.6 Å². The number of hydrogen-bond acceptors (Lipinski definition) is 13. The van der Waals surface area contributed by atoms with Crippen molar-refractivity contribution >= 4 is 0 Å². The molecule has 12 rings (SSSR count). The minimum atomic E-state index is -0.0894. The molecule has 1 atom stereocenters. The third kappa shape index (κ3) is 45.8. The van der Waals surface area contributed by atoms with Crippen molar-refractivity contribution in [3.63, 3.8) is 0 Å². The zero-order valence-electron chi connectivity index (χ0n) is 87.5. The van der Waals surface area contributed by atoms with E-state index in [0.29, 0.717) is 85.2 Å². The van der Waals surface area contributed by atoms with Crippen LogP contribution in [0.1, 0.15) is 170 Å². The number of benzene rings is 12. The number of para-hydroxylation sites is 1. The van der Waals surface area contributed by atoms with Crippen LogP contribution in [0.3, 0.4) is 0 Å². The SMILES string of the molecule is C/C=C/COc1ccc(C(C)(C)c2ccc(OC/C=C/C)cc2)cc1.C=C(C)COc1c(C)cccc1CC.C=CCOc1ccc(C(C)(C)c2ccc(OCC=C)cc2)cc1.C=CCOc1ccc(C(C)CC)cc1.C=CCOc1ccc(Cc2ccc(OCC=C)cc2)cc1.C=CCOc1ccc(Oc2ccc(OCC=C)cc2)cc1.CC(C)=CCOc1ccc(Cc2ccc(OCC=C(C)C)cc2)cc1. The molecule has 0 bridgehead atoms. The minimum Gasteiger partial charge on any atom is -0.490 e. The summed E-state index contributed by atoms with van der Waals surface area (Å²) in [5, 5.41) is 0. The van der Waals surface area contributed by atoms with E-state index in [1.54, 1.807) is 42.5 Å². The van der Waals surface area contributed by atoms with E-state index in [0.717, 1.165) is 105 Å². The van der Waals surface area contributed by atoms with E-state index in [-0.39, 0.29) is 10.8 Å². The molecule has 12 aromatic carbocycles. The number of aryl methyl sites for hydroxylation is 2. The molecule has 13 heteroatoms. The van der Waals surface area contributed by atoms with Crippen molar-refractivity contribution in [1.82, 2.24) is 0 Å². The van der Waals surface area contributed by atoms with E-state index in [1.807, 2.05) is 203 Å². The first-order chi connectivity index (χ1) is 69.2. The van der Waals surface area contributed by atoms with Crippen molar-refractivity contribution in [2.45, 2.75) is 146 Å². The Morgan fingerprint density at radius 2 is 0.524 bits per heavy atom. The second kappa shape index (κ2) is 67.3. The second-order valence-electron chi connectivity index (χ2n) is 35.0. The molecule has 0 aliphatic carbocycles. The first-order valence-electron chi connectivity index (χ1n) is 49.0. The highest BCUT2D eigenvalue weighted by Gasteiger charge is 2.25. The van der Waals surface area contributed by atoms with Crippen molar-refractivity contribution in [1.29, 1.82) is 0 Å². The maximum atomic E-state index is 5.75. The normalized spacial score (nSPS) is 10.7. The zero-order chi connectivity index (χ0) is 104. The predicted octanol–water partition coefficient (Wildman–Crippen LogP) is 33.3. The molecule has 12 aromatic rings. The van der Waals surface area contributed by atoms with Crippen LogP contribution in [0.5, 0.6) is 80.5 Å². The van der Waals surface area contributed by atoms with Gasteiger partial charge in [0, 0.05) is 10.8 Å². The lowest BCUT2D eigenvalue weighted by Gasteiger charge is -2.26. The van der Waals surface area contributed by atoms with Crippen molar-refractivity contribution in [2.75, 3.05) is 79.3 Å². The molecule has 0 aliphatic heterocycles. The molecule has 143 heavy (non-hydrogen) atoms. The van der Waals surface area contributed by atoms with Crippen LogP contribution in [0.25, 0.3) is 0 Å². The molecular weight excluding hydrogens is 1770 g/mol. The Balaban J connectivity index is 0.000000258. The second-order valence-corrected chi connectivity index (χ2v) is 35.0. The van der Waals surface area contributed by atoms with Crippen molar-refractivity contribution in [3.05, 3.63) is 495 Å². The largest absolute Gasteiger partial charge is 0.490 e. The monoisotopic (exact) mass is 1920 g/mol. The van der Waals surface area contributed by atoms with Gasteiger partial charge in [-0.1, -0.05) is 306 Å². The van der Waals surface area contributed by atoms with Gasteiger partial charge in [0.2, 0.25) is 0 Å². The molecule has 0 saturated heterocycles. The summed E-state index contributed by atoms with van der Waals surface area (Å²) < 4.78 is 72.5. The molecule has 0 aromatic heterocycles. The van der Waals surface area contributed by atoms with E-state index in [9.17, 15) is 0 Å². The summed E-state index contributed by atoms with van der Waals surface area (Å²) in [6.45, 7) is 67.8. The van der Waals surface area contributed by atoms with E-state index < -0.39 is 0 Å². The third-order valence-electron chi connectivity index (χ3n) is 22.1. The van der Waals surface area contributed by atoms with E-state index >= 15 is 0 Å². The molecule has 0 radical (unpaired) electrons. The molecule has 0 heterocycles. The molecule has 0 fully saturated rings. The highest BCUT2D eigenvalue weighted by Crippen LogP contribution is 2.37. The van der Waals surface area contributed by atoms with Crippen LogP contribution < -0.4 is 61.6 Å². The molecule has 752 valence electrons. The summed E-state index contributed by atoms with van der Waals surface area (Å²) >= 11 is 0. The third-order valence-corrected chi connectivity index (χ3v) is 22.1. The van der Waals surface area contributed by atoms with Gasteiger partial charge in [-0.3, -0.25) is 0 Å². The summed E-state index contributed by atoms with van der Waals surface area (Å²) in [6, 6.07) is 95.5. The zero-order valence-corrected chi connectivity index (χ0v) is 87.5. The Morgan fingerprint density at radius 1 is 0.294 bits per heavy atom. The number of allylic oxidation sites excluding steroid dienone is 4. The lowest BCUT2D eigenvalue weighted by atomic mass is 9.78. The quantitative estimate of drug-likeness (QED) is 0.0337. The molecule has 0 N–H and O–H groups in total. The van der Waals surface area contributed by atoms with Gasteiger partial charge in [0.25, 0.3) is 0 Å². The van der Waals surface area contributed by atoms with Gasteiger partial charge in [-0.15, -0.1) is 0 Å². The smallest absolute Gasteiger partial charge is 0.127 e. The average molecular weight is 1920 g/mol. The Hall–Kier alpha value is -15.1. The topological polar surface area (TPSA) is 120 Å². The lowest BCUT2D eigenvalue weighted by Crippen LogP contribution is -2.18. The van der Waals surface area contributed by atoms with Crippen LogP contribution in [0.15, 0.2) is 433 Å². The Bertz CT molecular complexity index is 5360. The van der Waals surface area contributed by atoms with Gasteiger partial charge in [0.05, 0.1) is 0 Å². The van der Waals surface area contributed by atoms with Crippen molar-refractivity contribution in [3.8, 4) is 80.5 Å². The molecular formula is C130H154O13. The Labute approximate surface area is 856 Å². The minimum absolute atomic E-state index is 0.0797. The van der Waals surface area contributed by atoms with Crippen LogP contribution in [-0.2, 0) is 30.1 Å². The fourth-order valence-corrected chi connectivity index (χ4v) is 13.5. The first kappa shape index (κ1) is 117. The average Bonchev–Trinajstić information content (AvgIpc) is 0.803. The Morgan fingerprint density at radius 3 is 0.755 bits per heavy atom. The molecule has 0 aliphatic rings. The Kier molecular flexibility index (Phi) is 54.9. The lowest BCUT2D eigenvalue weighted by molar-refractivity contribution is 0.346. The first-order valence-corrected chi connectivity index (χ1v) is 49.0. The number of rotatable bonds is 49. The van der Waals surface area contributed by atoms with Gasteiger partial charge >= 0.3 is 0 Å². The van der Waals surface area contributed by atoms with E-state index in [2.05, 4.69) is 275 Å². The van der Waals surface area contributed by atoms with Gasteiger partial charge < -0.3 is 61.6 Å². The maximum absolute atomic E-state index is 5.75. The van der Waals surface area contributed by atoms with Gasteiger partial charge in [-0.05, 0) is 324 Å². The van der Waals surface area contributed by atoms with Crippen LogP contribution in [0.4, 0.5) is 0 Å². The van der Waals surface area contributed by atoms with Crippen molar-refractivity contribution in [2.24, 2.45) is 0 Å². The molecule has 1 unspecified atom stereocenters. The fraction of sp³-hybridized carbons (Fsp3) is 0.262. The highest BCUT2D eigenvalue weighted by atomic mass is 16.5. The van der Waals surface area contributed by atoms with E-state index in [1.165, 1.54) is 78.8 Å².